The predicted octanol–water partition coefficient (Wildman–Crippen LogP) is -0.767. The first-order chi connectivity index (χ1) is 2.43. The molecule has 0 spiro atoms. The van der Waals surface area contributed by atoms with Gasteiger partial charge in [0.1, 0.15) is 0 Å². The average molecular weight is 75.1 g/mol. The summed E-state index contributed by atoms with van der Waals surface area (Å²) in [6.07, 6.45) is -0.0880. The molecule has 0 radical (unpaired) electrons. The molecule has 3 nitrogen and oxygen atoms in total. The number of hydrogen-bond acceptors (Lipinski definition) is 3. The van der Waals surface area contributed by atoms with Gasteiger partial charge in [0.15, 0.2) is 0 Å². The molecule has 1 fully saturated rings. The smallest absolute Gasteiger partial charge is 0.236 e. The van der Waals surface area contributed by atoms with Gasteiger partial charge in [-0.1, -0.05) is 0 Å². The van der Waals surface area contributed by atoms with E-state index in [1.807, 2.05) is 0 Å². The van der Waals surface area contributed by atoms with E-state index in [2.05, 4.69) is 9.78 Å². The lowest BCUT2D eigenvalue weighted by Gasteiger charge is -1.65. The molecule has 1 saturated heterocycles. The molecule has 1 aliphatic rings. The van der Waals surface area contributed by atoms with Gasteiger partial charge in [-0.25, -0.2) is 0 Å². The van der Waals surface area contributed by atoms with Crippen molar-refractivity contribution < 1.29 is 9.78 Å². The molecule has 0 aromatic heterocycles. The first-order valence-electron chi connectivity index (χ1n) is 1.45. The molecule has 0 unspecified atom stereocenters. The second-order valence-corrected chi connectivity index (χ2v) is 0.858. The minimum Gasteiger partial charge on any atom is -0.326 e. The summed E-state index contributed by atoms with van der Waals surface area (Å²) >= 11 is 0. The summed E-state index contributed by atoms with van der Waals surface area (Å²) < 4.78 is 0. The molecule has 0 saturated carbocycles. The van der Waals surface area contributed by atoms with E-state index in [0.717, 1.165) is 0 Å². The number of nitrogens with two attached hydrogens (primary N) is 1. The molecule has 0 atom stereocenters. The lowest BCUT2D eigenvalue weighted by molar-refractivity contribution is 0.0850. The van der Waals surface area contributed by atoms with Gasteiger partial charge in [0.05, 0.1) is 6.54 Å². The van der Waals surface area contributed by atoms with Gasteiger partial charge >= 0.3 is 0 Å². The highest BCUT2D eigenvalue weighted by atomic mass is 17.4. The van der Waals surface area contributed by atoms with Gasteiger partial charge in [0.25, 0.3) is 0 Å². The van der Waals surface area contributed by atoms with Crippen molar-refractivity contribution in [3.05, 3.63) is 0 Å². The summed E-state index contributed by atoms with van der Waals surface area (Å²) in [7, 11) is 0. The third kappa shape index (κ3) is 0.576. The Morgan fingerprint density at radius 1 is 1.60 bits per heavy atom. The highest BCUT2D eigenvalue weighted by molar-refractivity contribution is 4.42. The van der Waals surface area contributed by atoms with Crippen molar-refractivity contribution in [1.82, 2.24) is 0 Å². The largest absolute Gasteiger partial charge is 0.326 e. The molecule has 1 heterocycles. The molecule has 1 rings (SSSR count). The molecular weight excluding hydrogens is 70.0 g/mol. The van der Waals surface area contributed by atoms with Crippen molar-refractivity contribution in [1.29, 1.82) is 0 Å². The van der Waals surface area contributed by atoms with Crippen LogP contribution in [0.5, 0.6) is 0 Å². The molecule has 0 aromatic carbocycles. The standard InChI is InChI=1S/C2H5NO2/c3-1-2-4-5-2/h2H,1,3H2. The maximum absolute atomic E-state index is 4.98. The Bertz CT molecular complexity index is 34.6. The molecule has 0 aromatic rings. The van der Waals surface area contributed by atoms with Gasteiger partial charge < -0.3 is 5.73 Å². The molecule has 2 N–H and O–H groups in total. The van der Waals surface area contributed by atoms with Crippen LogP contribution in [-0.2, 0) is 9.78 Å². The zero-order valence-electron chi connectivity index (χ0n) is 2.68. The van der Waals surface area contributed by atoms with E-state index in [1.54, 1.807) is 0 Å². The fourth-order valence-corrected chi connectivity index (χ4v) is 0.118. The van der Waals surface area contributed by atoms with Crippen molar-refractivity contribution in [3.63, 3.8) is 0 Å². The van der Waals surface area contributed by atoms with Gasteiger partial charge in [-0.3, -0.25) is 0 Å². The van der Waals surface area contributed by atoms with E-state index in [-0.39, 0.29) is 6.29 Å². The lowest BCUT2D eigenvalue weighted by Crippen LogP contribution is -2.04. The fourth-order valence-electron chi connectivity index (χ4n) is 0.118. The summed E-state index contributed by atoms with van der Waals surface area (Å²) in [5.41, 5.74) is 4.98. The molecule has 3 heteroatoms. The molecule has 5 heavy (non-hydrogen) atoms. The Labute approximate surface area is 29.6 Å². The molecule has 30 valence electrons. The monoisotopic (exact) mass is 75.0 g/mol. The zero-order valence-corrected chi connectivity index (χ0v) is 2.68. The van der Waals surface area contributed by atoms with Crippen LogP contribution in [0.25, 0.3) is 0 Å². The van der Waals surface area contributed by atoms with Gasteiger partial charge in [0, 0.05) is 0 Å². The van der Waals surface area contributed by atoms with Gasteiger partial charge in [0.2, 0.25) is 6.29 Å². The number of hydrogen-bond donors (Lipinski definition) is 1. The molecule has 0 amide bonds. The predicted molar refractivity (Wildman–Crippen MR) is 15.0 cm³/mol. The minimum atomic E-state index is -0.0880. The van der Waals surface area contributed by atoms with E-state index in [4.69, 9.17) is 5.73 Å². The normalized spacial score (nSPS) is 23.4. The summed E-state index contributed by atoms with van der Waals surface area (Å²) in [5, 5.41) is 0. The van der Waals surface area contributed by atoms with Gasteiger partial charge in [-0.05, 0) is 0 Å². The Kier molecular flexibility index (Phi) is 0.574. The third-order valence-electron chi connectivity index (χ3n) is 0.425. The summed E-state index contributed by atoms with van der Waals surface area (Å²) in [4.78, 5) is 8.47. The highest BCUT2D eigenvalue weighted by Gasteiger charge is 2.22. The zero-order chi connectivity index (χ0) is 3.70. The maximum atomic E-state index is 4.98. The Balaban J connectivity index is 2.00. The molecule has 0 aliphatic carbocycles. The SMILES string of the molecule is NCC1OO1. The molecule has 0 bridgehead atoms. The Hall–Kier alpha value is -0.120. The first kappa shape index (κ1) is 3.08. The summed E-state index contributed by atoms with van der Waals surface area (Å²) in [6.45, 7) is 0.472. The van der Waals surface area contributed by atoms with Crippen LogP contribution < -0.4 is 5.73 Å². The van der Waals surface area contributed by atoms with Crippen molar-refractivity contribution in [2.45, 2.75) is 6.29 Å². The van der Waals surface area contributed by atoms with Gasteiger partial charge in [-0.15, -0.1) is 0 Å². The quantitative estimate of drug-likeness (QED) is 0.329. The van der Waals surface area contributed by atoms with Crippen LogP contribution in [-0.4, -0.2) is 12.8 Å². The summed E-state index contributed by atoms with van der Waals surface area (Å²) in [5.74, 6) is 0. The molecule has 1 aliphatic heterocycles. The first-order valence-corrected chi connectivity index (χ1v) is 1.45. The van der Waals surface area contributed by atoms with Crippen molar-refractivity contribution in [3.8, 4) is 0 Å². The topological polar surface area (TPSA) is 51.1 Å². The van der Waals surface area contributed by atoms with Crippen LogP contribution in [0.4, 0.5) is 0 Å². The van der Waals surface area contributed by atoms with Crippen LogP contribution in [0.3, 0.4) is 0 Å². The summed E-state index contributed by atoms with van der Waals surface area (Å²) in [6, 6.07) is 0. The van der Waals surface area contributed by atoms with Crippen LogP contribution in [0, 0.1) is 0 Å². The number of rotatable bonds is 1. The van der Waals surface area contributed by atoms with Crippen LogP contribution in [0.1, 0.15) is 0 Å². The van der Waals surface area contributed by atoms with Crippen molar-refractivity contribution in [2.24, 2.45) is 5.73 Å². The van der Waals surface area contributed by atoms with Crippen LogP contribution >= 0.6 is 0 Å². The maximum Gasteiger partial charge on any atom is 0.236 e. The Morgan fingerprint density at radius 3 is 2.20 bits per heavy atom. The molecular formula is C2H5NO2. The lowest BCUT2D eigenvalue weighted by atomic mass is 10.7. The van der Waals surface area contributed by atoms with Crippen molar-refractivity contribution in [2.75, 3.05) is 6.54 Å². The average Bonchev–Trinajstić information content (AvgIpc) is 2.12. The van der Waals surface area contributed by atoms with Crippen molar-refractivity contribution >= 4 is 0 Å². The highest BCUT2D eigenvalue weighted by Crippen LogP contribution is 2.07. The Morgan fingerprint density at radius 2 is 2.20 bits per heavy atom. The van der Waals surface area contributed by atoms with Gasteiger partial charge in [-0.2, -0.15) is 9.78 Å². The second-order valence-electron chi connectivity index (χ2n) is 0.858. The van der Waals surface area contributed by atoms with Crippen LogP contribution in [0.15, 0.2) is 0 Å². The van der Waals surface area contributed by atoms with Crippen LogP contribution in [0.2, 0.25) is 0 Å². The second kappa shape index (κ2) is 0.931. The third-order valence-corrected chi connectivity index (χ3v) is 0.425. The van der Waals surface area contributed by atoms with E-state index < -0.39 is 0 Å². The van der Waals surface area contributed by atoms with E-state index in [0.29, 0.717) is 6.54 Å². The fraction of sp³-hybridized carbons (Fsp3) is 1.00. The van der Waals surface area contributed by atoms with E-state index >= 15 is 0 Å². The minimum absolute atomic E-state index is 0.0880. The van der Waals surface area contributed by atoms with E-state index in [9.17, 15) is 0 Å². The van der Waals surface area contributed by atoms with E-state index in [1.165, 1.54) is 0 Å².